The number of anilines is 1. The topological polar surface area (TPSA) is 71.3 Å². The zero-order chi connectivity index (χ0) is 20.5. The van der Waals surface area contributed by atoms with E-state index in [-0.39, 0.29) is 11.8 Å². The molecule has 6 nitrogen and oxygen atoms in total. The van der Waals surface area contributed by atoms with Crippen LogP contribution in [0.15, 0.2) is 35.0 Å². The highest BCUT2D eigenvalue weighted by molar-refractivity contribution is 5.95. The van der Waals surface area contributed by atoms with Crippen molar-refractivity contribution < 1.29 is 13.6 Å². The molecule has 1 aliphatic carbocycles. The van der Waals surface area contributed by atoms with Gasteiger partial charge in [-0.05, 0) is 63.4 Å². The number of hydrogen-bond donors (Lipinski definition) is 1. The molecule has 3 aromatic rings. The van der Waals surface area contributed by atoms with Gasteiger partial charge in [-0.2, -0.15) is 0 Å². The van der Waals surface area contributed by atoms with Gasteiger partial charge in [-0.3, -0.25) is 4.79 Å². The molecule has 2 aromatic heterocycles. The molecule has 0 atom stereocenters. The van der Waals surface area contributed by atoms with Crippen molar-refractivity contribution in [1.29, 1.82) is 0 Å². The van der Waals surface area contributed by atoms with Crippen LogP contribution < -0.4 is 5.32 Å². The average molecular weight is 396 g/mol. The van der Waals surface area contributed by atoms with Crippen LogP contribution in [0, 0.1) is 18.7 Å². The molecule has 1 N–H and O–H groups in total. The quantitative estimate of drug-likeness (QED) is 0.708. The zero-order valence-electron chi connectivity index (χ0n) is 16.9. The molecule has 152 valence electrons. The smallest absolute Gasteiger partial charge is 0.228 e. The van der Waals surface area contributed by atoms with Crippen LogP contribution in [0.4, 0.5) is 10.2 Å². The van der Waals surface area contributed by atoms with Gasteiger partial charge < -0.3 is 14.6 Å². The maximum Gasteiger partial charge on any atom is 0.228 e. The van der Waals surface area contributed by atoms with Crippen LogP contribution in [0.1, 0.15) is 31.6 Å². The number of aromatic nitrogens is 2. The monoisotopic (exact) mass is 396 g/mol. The average Bonchev–Trinajstić information content (AvgIpc) is 3.13. The highest BCUT2D eigenvalue weighted by Crippen LogP contribution is 2.30. The number of nitrogens with zero attached hydrogens (tertiary/aromatic N) is 3. The predicted molar refractivity (Wildman–Crippen MR) is 110 cm³/mol. The van der Waals surface area contributed by atoms with Crippen LogP contribution in [0.3, 0.4) is 0 Å². The first-order valence-corrected chi connectivity index (χ1v) is 9.90. The summed E-state index contributed by atoms with van der Waals surface area (Å²) in [5.41, 5.74) is 0.337. The van der Waals surface area contributed by atoms with Gasteiger partial charge in [-0.25, -0.2) is 14.4 Å². The number of oxazole rings is 1. The summed E-state index contributed by atoms with van der Waals surface area (Å²) in [4.78, 5) is 23.2. The molecule has 0 aliphatic heterocycles. The van der Waals surface area contributed by atoms with E-state index < -0.39 is 5.82 Å². The van der Waals surface area contributed by atoms with Crippen molar-refractivity contribution in [3.8, 4) is 11.3 Å². The molecule has 0 radical (unpaired) electrons. The Labute approximate surface area is 169 Å². The SMILES string of the molecule is Cc1ncc(-c2cc3cc(NC(=O)[C@H]4CC[C@H](N(C)C)CC4)ncc3cc2F)o1. The lowest BCUT2D eigenvalue weighted by Crippen LogP contribution is -2.35. The first-order chi connectivity index (χ1) is 13.9. The number of fused-ring (bicyclic) bond motifs is 1. The molecule has 4 rings (SSSR count). The van der Waals surface area contributed by atoms with E-state index in [1.807, 2.05) is 0 Å². The minimum absolute atomic E-state index is 0.00208. The summed E-state index contributed by atoms with van der Waals surface area (Å²) in [7, 11) is 4.17. The summed E-state index contributed by atoms with van der Waals surface area (Å²) >= 11 is 0. The molecule has 0 unspecified atom stereocenters. The van der Waals surface area contributed by atoms with Gasteiger partial charge in [-0.15, -0.1) is 0 Å². The Balaban J connectivity index is 1.52. The number of nitrogens with one attached hydrogen (secondary N) is 1. The summed E-state index contributed by atoms with van der Waals surface area (Å²) in [5.74, 6) is 0.938. The number of halogens is 1. The van der Waals surface area contributed by atoms with E-state index in [9.17, 15) is 9.18 Å². The molecule has 0 saturated heterocycles. The number of carbonyl (C=O) groups excluding carboxylic acids is 1. The zero-order valence-corrected chi connectivity index (χ0v) is 16.9. The van der Waals surface area contributed by atoms with E-state index in [4.69, 9.17) is 4.42 Å². The summed E-state index contributed by atoms with van der Waals surface area (Å²) in [6.45, 7) is 1.71. The van der Waals surface area contributed by atoms with Crippen molar-refractivity contribution in [3.05, 3.63) is 42.3 Å². The molecule has 1 saturated carbocycles. The van der Waals surface area contributed by atoms with E-state index in [1.54, 1.807) is 25.3 Å². The van der Waals surface area contributed by atoms with Gasteiger partial charge in [-0.1, -0.05) is 0 Å². The van der Waals surface area contributed by atoms with Crippen LogP contribution >= 0.6 is 0 Å². The van der Waals surface area contributed by atoms with Crippen molar-refractivity contribution in [1.82, 2.24) is 14.9 Å². The lowest BCUT2D eigenvalue weighted by Gasteiger charge is -2.31. The molecular formula is C22H25FN4O2. The van der Waals surface area contributed by atoms with Gasteiger partial charge in [0.25, 0.3) is 0 Å². The van der Waals surface area contributed by atoms with Crippen LogP contribution in [0.25, 0.3) is 22.1 Å². The maximum atomic E-state index is 14.5. The largest absolute Gasteiger partial charge is 0.441 e. The van der Waals surface area contributed by atoms with E-state index in [0.717, 1.165) is 31.1 Å². The number of amides is 1. The van der Waals surface area contributed by atoms with Crippen molar-refractivity contribution >= 4 is 22.5 Å². The van der Waals surface area contributed by atoms with Crippen LogP contribution in [0.5, 0.6) is 0 Å². The molecule has 1 fully saturated rings. The number of carbonyl (C=O) groups is 1. The Bertz CT molecular complexity index is 1040. The molecule has 1 aromatic carbocycles. The highest BCUT2D eigenvalue weighted by Gasteiger charge is 2.27. The fourth-order valence-electron chi connectivity index (χ4n) is 3.99. The van der Waals surface area contributed by atoms with E-state index >= 15 is 0 Å². The molecule has 0 spiro atoms. The molecule has 2 heterocycles. The second-order valence-electron chi connectivity index (χ2n) is 7.95. The van der Waals surface area contributed by atoms with E-state index in [0.29, 0.717) is 34.5 Å². The highest BCUT2D eigenvalue weighted by atomic mass is 19.1. The van der Waals surface area contributed by atoms with Gasteiger partial charge in [0.15, 0.2) is 11.7 Å². The van der Waals surface area contributed by atoms with Crippen molar-refractivity contribution in [2.24, 2.45) is 5.92 Å². The molecule has 1 amide bonds. The summed E-state index contributed by atoms with van der Waals surface area (Å²) in [5, 5.41) is 4.37. The van der Waals surface area contributed by atoms with Gasteiger partial charge in [0, 0.05) is 30.5 Å². The first kappa shape index (κ1) is 19.5. The lowest BCUT2D eigenvalue weighted by atomic mass is 9.85. The molecular weight excluding hydrogens is 371 g/mol. The number of hydrogen-bond acceptors (Lipinski definition) is 5. The second kappa shape index (κ2) is 7.91. The first-order valence-electron chi connectivity index (χ1n) is 9.90. The normalized spacial score (nSPS) is 19.6. The standard InChI is InChI=1S/C22H25FN4O2/c1-13-24-12-20(29-13)18-8-15-10-21(25-11-16(15)9-19(18)23)26-22(28)14-4-6-17(7-5-14)27(2)3/h8-12,14,17H,4-7H2,1-3H3,(H,25,26,28)/t14-,17-. The lowest BCUT2D eigenvalue weighted by molar-refractivity contribution is -0.121. The minimum Gasteiger partial charge on any atom is -0.441 e. The molecule has 0 bridgehead atoms. The maximum absolute atomic E-state index is 14.5. The Morgan fingerprint density at radius 3 is 2.52 bits per heavy atom. The third-order valence-corrected chi connectivity index (χ3v) is 5.74. The van der Waals surface area contributed by atoms with Gasteiger partial charge in [0.1, 0.15) is 11.6 Å². The van der Waals surface area contributed by atoms with Gasteiger partial charge in [0.05, 0.1) is 11.8 Å². The number of aryl methyl sites for hydroxylation is 1. The van der Waals surface area contributed by atoms with Crippen LogP contribution in [0.2, 0.25) is 0 Å². The summed E-state index contributed by atoms with van der Waals surface area (Å²) in [6.07, 6.45) is 6.88. The van der Waals surface area contributed by atoms with E-state index in [1.165, 1.54) is 12.3 Å². The van der Waals surface area contributed by atoms with Crippen molar-refractivity contribution in [2.75, 3.05) is 19.4 Å². The van der Waals surface area contributed by atoms with Crippen molar-refractivity contribution in [3.63, 3.8) is 0 Å². The fourth-order valence-corrected chi connectivity index (χ4v) is 3.99. The van der Waals surface area contributed by atoms with Crippen LogP contribution in [-0.4, -0.2) is 40.9 Å². The molecule has 7 heteroatoms. The second-order valence-corrected chi connectivity index (χ2v) is 7.95. The molecule has 1 aliphatic rings. The Morgan fingerprint density at radius 1 is 1.10 bits per heavy atom. The number of pyridine rings is 1. The van der Waals surface area contributed by atoms with Gasteiger partial charge >= 0.3 is 0 Å². The third kappa shape index (κ3) is 4.15. The third-order valence-electron chi connectivity index (χ3n) is 5.74. The Morgan fingerprint density at radius 2 is 1.86 bits per heavy atom. The van der Waals surface area contributed by atoms with Gasteiger partial charge in [0.2, 0.25) is 5.91 Å². The van der Waals surface area contributed by atoms with Crippen LogP contribution in [-0.2, 0) is 4.79 Å². The van der Waals surface area contributed by atoms with E-state index in [2.05, 4.69) is 34.3 Å². The number of benzene rings is 1. The Kier molecular flexibility index (Phi) is 5.32. The number of rotatable bonds is 4. The summed E-state index contributed by atoms with van der Waals surface area (Å²) < 4.78 is 19.9. The predicted octanol–water partition coefficient (Wildman–Crippen LogP) is 4.40. The fraction of sp³-hybridized carbons (Fsp3) is 0.409. The minimum atomic E-state index is -0.398. The van der Waals surface area contributed by atoms with Crippen molar-refractivity contribution in [2.45, 2.75) is 38.6 Å². The molecule has 29 heavy (non-hydrogen) atoms. The summed E-state index contributed by atoms with van der Waals surface area (Å²) in [6, 6.07) is 5.43. The Hall–Kier alpha value is -2.80.